The van der Waals surface area contributed by atoms with Gasteiger partial charge in [0.2, 0.25) is 0 Å². The van der Waals surface area contributed by atoms with Crippen LogP contribution in [-0.4, -0.2) is 26.3 Å². The number of nitrogens with zero attached hydrogens (tertiary/aromatic N) is 1. The van der Waals surface area contributed by atoms with Crippen LogP contribution in [0.25, 0.3) is 10.9 Å². The molecule has 1 aromatic heterocycles. The summed E-state index contributed by atoms with van der Waals surface area (Å²) in [4.78, 5) is 16.3. The molecule has 0 saturated carbocycles. The number of aromatic nitrogens is 1. The molecular formula is C20H19NO4S. The van der Waals surface area contributed by atoms with Gasteiger partial charge in [-0.2, -0.15) is 0 Å². The predicted molar refractivity (Wildman–Crippen MR) is 100 cm³/mol. The molecule has 0 unspecified atom stereocenters. The van der Waals surface area contributed by atoms with Gasteiger partial charge in [-0.3, -0.25) is 9.78 Å². The van der Waals surface area contributed by atoms with E-state index in [2.05, 4.69) is 4.98 Å². The molecule has 5 nitrogen and oxygen atoms in total. The number of hydrogen-bond donors (Lipinski definition) is 0. The smallest absolute Gasteiger partial charge is 0.186 e. The van der Waals surface area contributed by atoms with E-state index in [4.69, 9.17) is 4.74 Å². The summed E-state index contributed by atoms with van der Waals surface area (Å²) < 4.78 is 31.1. The molecule has 0 N–H and O–H groups in total. The van der Waals surface area contributed by atoms with Crippen molar-refractivity contribution in [3.8, 4) is 5.75 Å². The lowest BCUT2D eigenvalue weighted by molar-refractivity contribution is 0.0988. The highest BCUT2D eigenvalue weighted by Gasteiger charge is 2.22. The van der Waals surface area contributed by atoms with Crippen LogP contribution in [0.3, 0.4) is 0 Å². The summed E-state index contributed by atoms with van der Waals surface area (Å²) in [5.74, 6) is -0.104. The van der Waals surface area contributed by atoms with Gasteiger partial charge in [-0.25, -0.2) is 8.42 Å². The van der Waals surface area contributed by atoms with Crippen molar-refractivity contribution >= 4 is 26.5 Å². The SMILES string of the molecule is CCC(=O)c1ccc(OC)c(S(=O)(=O)Cc2cnc3ccccc3c2)c1. The highest BCUT2D eigenvalue weighted by molar-refractivity contribution is 7.90. The number of sulfone groups is 1. The number of methoxy groups -OCH3 is 1. The van der Waals surface area contributed by atoms with Gasteiger partial charge in [-0.1, -0.05) is 25.1 Å². The molecule has 0 saturated heterocycles. The maximum absolute atomic E-state index is 13.0. The number of carbonyl (C=O) groups excluding carboxylic acids is 1. The van der Waals surface area contributed by atoms with Crippen LogP contribution in [0, 0.1) is 0 Å². The standard InChI is InChI=1S/C20H19NO4S/c1-3-18(22)16-8-9-19(25-2)20(11-16)26(23,24)13-14-10-15-6-4-5-7-17(15)21-12-14/h4-12H,3,13H2,1-2H3. The van der Waals surface area contributed by atoms with Gasteiger partial charge < -0.3 is 4.74 Å². The van der Waals surface area contributed by atoms with Gasteiger partial charge in [-0.15, -0.1) is 0 Å². The second-order valence-corrected chi connectivity index (χ2v) is 7.90. The fourth-order valence-corrected chi connectivity index (χ4v) is 4.31. The Labute approximate surface area is 152 Å². The second kappa shape index (κ2) is 7.25. The second-order valence-electron chi connectivity index (χ2n) is 5.94. The highest BCUT2D eigenvalue weighted by atomic mass is 32.2. The van der Waals surface area contributed by atoms with Gasteiger partial charge in [0, 0.05) is 23.6 Å². The first-order valence-electron chi connectivity index (χ1n) is 8.22. The Kier molecular flexibility index (Phi) is 5.04. The number of fused-ring (bicyclic) bond motifs is 1. The van der Waals surface area contributed by atoms with Crippen LogP contribution in [0.5, 0.6) is 5.75 Å². The van der Waals surface area contributed by atoms with Crippen LogP contribution >= 0.6 is 0 Å². The molecule has 0 atom stereocenters. The first kappa shape index (κ1) is 18.1. The largest absolute Gasteiger partial charge is 0.495 e. The van der Waals surface area contributed by atoms with E-state index in [0.29, 0.717) is 17.5 Å². The molecule has 1 heterocycles. The van der Waals surface area contributed by atoms with Crippen LogP contribution < -0.4 is 4.74 Å². The van der Waals surface area contributed by atoms with E-state index in [1.807, 2.05) is 30.3 Å². The number of rotatable bonds is 6. The van der Waals surface area contributed by atoms with E-state index < -0.39 is 9.84 Å². The number of benzene rings is 2. The van der Waals surface area contributed by atoms with E-state index in [1.54, 1.807) is 19.2 Å². The first-order chi connectivity index (χ1) is 12.4. The van der Waals surface area contributed by atoms with E-state index >= 15 is 0 Å². The summed E-state index contributed by atoms with van der Waals surface area (Å²) in [6.07, 6.45) is 1.87. The zero-order valence-corrected chi connectivity index (χ0v) is 15.4. The quantitative estimate of drug-likeness (QED) is 0.618. The van der Waals surface area contributed by atoms with Gasteiger partial charge >= 0.3 is 0 Å². The van der Waals surface area contributed by atoms with E-state index in [-0.39, 0.29) is 22.2 Å². The molecule has 0 amide bonds. The number of carbonyl (C=O) groups is 1. The Morgan fingerprint density at radius 1 is 1.12 bits per heavy atom. The topological polar surface area (TPSA) is 73.3 Å². The maximum atomic E-state index is 13.0. The predicted octanol–water partition coefficient (Wildman–Crippen LogP) is 3.81. The molecule has 0 spiro atoms. The third kappa shape index (κ3) is 3.60. The molecule has 2 aromatic carbocycles. The Bertz CT molecular complexity index is 1070. The molecule has 26 heavy (non-hydrogen) atoms. The zero-order chi connectivity index (χ0) is 18.7. The molecule has 6 heteroatoms. The molecule has 134 valence electrons. The zero-order valence-electron chi connectivity index (χ0n) is 14.6. The summed E-state index contributed by atoms with van der Waals surface area (Å²) >= 11 is 0. The van der Waals surface area contributed by atoms with Crippen LogP contribution in [0.2, 0.25) is 0 Å². The summed E-state index contributed by atoms with van der Waals surface area (Å²) in [6, 6.07) is 13.8. The van der Waals surface area contributed by atoms with Gasteiger partial charge in [0.25, 0.3) is 0 Å². The van der Waals surface area contributed by atoms with Gasteiger partial charge in [0.15, 0.2) is 15.6 Å². The molecule has 0 radical (unpaired) electrons. The highest BCUT2D eigenvalue weighted by Crippen LogP contribution is 2.29. The van der Waals surface area contributed by atoms with Crippen molar-refractivity contribution in [2.24, 2.45) is 0 Å². The van der Waals surface area contributed by atoms with Crippen molar-refractivity contribution in [1.29, 1.82) is 0 Å². The minimum absolute atomic E-state index is 0.0208. The Morgan fingerprint density at radius 3 is 2.62 bits per heavy atom. The van der Waals surface area contributed by atoms with Crippen molar-refractivity contribution in [3.05, 3.63) is 65.9 Å². The third-order valence-corrected chi connectivity index (χ3v) is 5.85. The van der Waals surface area contributed by atoms with Crippen molar-refractivity contribution in [2.75, 3.05) is 7.11 Å². The molecule has 0 bridgehead atoms. The number of hydrogen-bond acceptors (Lipinski definition) is 5. The lowest BCUT2D eigenvalue weighted by Crippen LogP contribution is -2.09. The average Bonchev–Trinajstić information content (AvgIpc) is 2.66. The molecule has 0 aliphatic carbocycles. The summed E-state index contributed by atoms with van der Waals surface area (Å²) in [5.41, 5.74) is 1.75. The fourth-order valence-electron chi connectivity index (χ4n) is 2.79. The molecule has 3 rings (SSSR count). The van der Waals surface area contributed by atoms with Gasteiger partial charge in [-0.05, 0) is 35.9 Å². The minimum Gasteiger partial charge on any atom is -0.495 e. The van der Waals surface area contributed by atoms with Crippen LogP contribution in [-0.2, 0) is 15.6 Å². The lowest BCUT2D eigenvalue weighted by atomic mass is 10.1. The Hall–Kier alpha value is -2.73. The summed E-state index contributed by atoms with van der Waals surface area (Å²) in [6.45, 7) is 1.74. The van der Waals surface area contributed by atoms with E-state index in [9.17, 15) is 13.2 Å². The molecule has 3 aromatic rings. The van der Waals surface area contributed by atoms with E-state index in [1.165, 1.54) is 19.2 Å². The average molecular weight is 369 g/mol. The first-order valence-corrected chi connectivity index (χ1v) is 9.87. The van der Waals surface area contributed by atoms with E-state index in [0.717, 1.165) is 10.9 Å². The molecule has 0 aliphatic heterocycles. The number of Topliss-reactive ketones (excluding diaryl/α,β-unsaturated/α-hetero) is 1. The van der Waals surface area contributed by atoms with Crippen molar-refractivity contribution < 1.29 is 17.9 Å². The fraction of sp³-hybridized carbons (Fsp3) is 0.200. The molecule has 0 fully saturated rings. The van der Waals surface area contributed by atoms with Crippen LogP contribution in [0.15, 0.2) is 59.6 Å². The molecular weight excluding hydrogens is 350 g/mol. The van der Waals surface area contributed by atoms with Gasteiger partial charge in [0.1, 0.15) is 10.6 Å². The normalized spacial score (nSPS) is 11.5. The van der Waals surface area contributed by atoms with Crippen molar-refractivity contribution in [1.82, 2.24) is 4.98 Å². The number of pyridine rings is 1. The van der Waals surface area contributed by atoms with Crippen LogP contribution in [0.1, 0.15) is 29.3 Å². The Morgan fingerprint density at radius 2 is 1.88 bits per heavy atom. The minimum atomic E-state index is -3.71. The van der Waals surface area contributed by atoms with Crippen molar-refractivity contribution in [2.45, 2.75) is 24.0 Å². The van der Waals surface area contributed by atoms with Crippen LogP contribution in [0.4, 0.5) is 0 Å². The summed E-state index contributed by atoms with van der Waals surface area (Å²) in [7, 11) is -2.30. The number of para-hydroxylation sites is 1. The third-order valence-electron chi connectivity index (χ3n) is 4.15. The van der Waals surface area contributed by atoms with Gasteiger partial charge in [0.05, 0.1) is 18.4 Å². The lowest BCUT2D eigenvalue weighted by Gasteiger charge is -2.11. The van der Waals surface area contributed by atoms with Crippen molar-refractivity contribution in [3.63, 3.8) is 0 Å². The number of ketones is 1. The number of ether oxygens (including phenoxy) is 1. The molecule has 0 aliphatic rings. The maximum Gasteiger partial charge on any atom is 0.186 e. The Balaban J connectivity index is 2.02. The monoisotopic (exact) mass is 369 g/mol. The summed E-state index contributed by atoms with van der Waals surface area (Å²) in [5, 5.41) is 0.877.